The van der Waals surface area contributed by atoms with Gasteiger partial charge >= 0.3 is 0 Å². The fraction of sp³-hybridized carbons (Fsp3) is 0.571. The van der Waals surface area contributed by atoms with Crippen molar-refractivity contribution in [2.45, 2.75) is 19.0 Å². The number of ketones is 1. The number of hydrogen-bond acceptors (Lipinski definition) is 1. The molecule has 1 fully saturated rings. The number of halogens is 2. The van der Waals surface area contributed by atoms with E-state index in [0.717, 1.165) is 6.17 Å². The molecule has 1 aliphatic rings. The second-order valence-corrected chi connectivity index (χ2v) is 2.31. The summed E-state index contributed by atoms with van der Waals surface area (Å²) in [7, 11) is 0. The van der Waals surface area contributed by atoms with Crippen LogP contribution < -0.4 is 0 Å². The lowest BCUT2D eigenvalue weighted by Crippen LogP contribution is -2.04. The Morgan fingerprint density at radius 1 is 1.50 bits per heavy atom. The predicted octanol–water partition coefficient (Wildman–Crippen LogP) is 1.23. The van der Waals surface area contributed by atoms with Crippen molar-refractivity contribution in [1.82, 2.24) is 0 Å². The molecule has 0 radical (unpaired) electrons. The van der Waals surface area contributed by atoms with Crippen molar-refractivity contribution in [3.8, 4) is 12.1 Å². The van der Waals surface area contributed by atoms with Crippen LogP contribution in [0.4, 0.5) is 8.78 Å². The summed E-state index contributed by atoms with van der Waals surface area (Å²) in [5.41, 5.74) is 0. The molecule has 1 nitrogen and oxygen atoms in total. The Balaban J connectivity index is 2.60. The van der Waals surface area contributed by atoms with Crippen molar-refractivity contribution in [1.29, 1.82) is 0 Å². The molecule has 1 saturated carbocycles. The van der Waals surface area contributed by atoms with Gasteiger partial charge in [0.05, 0.1) is 5.92 Å². The van der Waals surface area contributed by atoms with E-state index in [0.29, 0.717) is 0 Å². The lowest BCUT2D eigenvalue weighted by molar-refractivity contribution is -0.117. The average molecular weight is 144 g/mol. The zero-order valence-electron chi connectivity index (χ0n) is 5.23. The first-order valence-electron chi connectivity index (χ1n) is 3.01. The molecular formula is C7H6F2O. The summed E-state index contributed by atoms with van der Waals surface area (Å²) in [5.74, 6) is 1.15. The van der Waals surface area contributed by atoms with Crippen LogP contribution in [0.3, 0.4) is 0 Å². The van der Waals surface area contributed by atoms with E-state index in [1.165, 1.54) is 0 Å². The van der Waals surface area contributed by atoms with E-state index in [1.54, 1.807) is 0 Å². The lowest BCUT2D eigenvalue weighted by atomic mass is 10.1. The Hall–Kier alpha value is -0.910. The molecule has 0 heterocycles. The molecule has 2 atom stereocenters. The molecule has 0 amide bonds. The van der Waals surface area contributed by atoms with Crippen LogP contribution in [-0.4, -0.2) is 12.0 Å². The predicted molar refractivity (Wildman–Crippen MR) is 31.5 cm³/mol. The molecule has 1 aliphatic carbocycles. The molecule has 0 aromatic carbocycles. The highest BCUT2D eigenvalue weighted by Gasteiger charge is 2.31. The minimum Gasteiger partial charge on any atom is -0.300 e. The molecular weight excluding hydrogens is 138 g/mol. The molecule has 0 aliphatic heterocycles. The summed E-state index contributed by atoms with van der Waals surface area (Å²) in [5, 5.41) is 0. The highest BCUT2D eigenvalue weighted by Crippen LogP contribution is 2.24. The summed E-state index contributed by atoms with van der Waals surface area (Å²) >= 11 is 0. The Morgan fingerprint density at radius 3 is 2.60 bits per heavy atom. The van der Waals surface area contributed by atoms with Gasteiger partial charge in [0.25, 0.3) is 0 Å². The Morgan fingerprint density at radius 2 is 2.20 bits per heavy atom. The van der Waals surface area contributed by atoms with Crippen molar-refractivity contribution in [3.05, 3.63) is 0 Å². The van der Waals surface area contributed by atoms with Gasteiger partial charge in [-0.1, -0.05) is 5.92 Å². The van der Waals surface area contributed by atoms with Gasteiger partial charge in [-0.2, -0.15) is 0 Å². The molecule has 0 bridgehead atoms. The number of alkyl halides is 1. The van der Waals surface area contributed by atoms with E-state index in [2.05, 4.69) is 0 Å². The van der Waals surface area contributed by atoms with E-state index >= 15 is 0 Å². The van der Waals surface area contributed by atoms with Crippen LogP contribution in [0.5, 0.6) is 0 Å². The molecule has 0 saturated heterocycles. The van der Waals surface area contributed by atoms with Gasteiger partial charge in [-0.3, -0.25) is 4.79 Å². The largest absolute Gasteiger partial charge is 0.300 e. The number of rotatable bonds is 0. The topological polar surface area (TPSA) is 17.1 Å². The number of carbonyl (C=O) groups excluding carboxylic acids is 1. The van der Waals surface area contributed by atoms with Crippen molar-refractivity contribution < 1.29 is 13.6 Å². The van der Waals surface area contributed by atoms with Crippen LogP contribution in [0.1, 0.15) is 12.8 Å². The van der Waals surface area contributed by atoms with Crippen molar-refractivity contribution in [2.24, 2.45) is 5.92 Å². The number of Topliss-reactive ketones (excluding diaryl/α,β-unsaturated/α-hetero) is 1. The standard InChI is InChI=1S/C7H6F2O/c8-2-1-5-3-6(10)4-7(5)9/h5,7H,3-4H2. The first kappa shape index (κ1) is 7.20. The minimum atomic E-state index is -1.25. The van der Waals surface area contributed by atoms with Gasteiger partial charge in [-0.05, 0) is 0 Å². The molecule has 10 heavy (non-hydrogen) atoms. The van der Waals surface area contributed by atoms with E-state index in [1.807, 2.05) is 5.92 Å². The molecule has 1 rings (SSSR count). The summed E-state index contributed by atoms with van der Waals surface area (Å²) < 4.78 is 23.8. The van der Waals surface area contributed by atoms with Crippen LogP contribution in [-0.2, 0) is 4.79 Å². The molecule has 0 spiro atoms. The van der Waals surface area contributed by atoms with Gasteiger partial charge in [-0.25, -0.2) is 4.39 Å². The second kappa shape index (κ2) is 2.78. The normalized spacial score (nSPS) is 31.6. The van der Waals surface area contributed by atoms with Gasteiger partial charge in [0.2, 0.25) is 0 Å². The van der Waals surface area contributed by atoms with Crippen LogP contribution in [0.15, 0.2) is 0 Å². The van der Waals surface area contributed by atoms with Crippen LogP contribution in [0, 0.1) is 18.0 Å². The minimum absolute atomic E-state index is 0.0675. The van der Waals surface area contributed by atoms with E-state index in [4.69, 9.17) is 0 Å². The Kier molecular flexibility index (Phi) is 2.00. The van der Waals surface area contributed by atoms with E-state index in [9.17, 15) is 13.6 Å². The average Bonchev–Trinajstić information content (AvgIpc) is 2.13. The fourth-order valence-corrected chi connectivity index (χ4v) is 1.03. The molecule has 2 unspecified atom stereocenters. The molecule has 0 aromatic rings. The summed E-state index contributed by atoms with van der Waals surface area (Å²) in [6, 6.07) is 0. The highest BCUT2D eigenvalue weighted by atomic mass is 19.1. The Labute approximate surface area is 57.4 Å². The fourth-order valence-electron chi connectivity index (χ4n) is 1.03. The van der Waals surface area contributed by atoms with E-state index in [-0.39, 0.29) is 18.6 Å². The maximum Gasteiger partial charge on any atom is 0.137 e. The maximum atomic E-state index is 12.5. The molecule has 3 heteroatoms. The highest BCUT2D eigenvalue weighted by molar-refractivity contribution is 5.82. The summed E-state index contributed by atoms with van der Waals surface area (Å²) in [4.78, 5) is 10.5. The van der Waals surface area contributed by atoms with E-state index < -0.39 is 12.1 Å². The van der Waals surface area contributed by atoms with Crippen molar-refractivity contribution in [2.75, 3.05) is 0 Å². The van der Waals surface area contributed by atoms with Crippen molar-refractivity contribution in [3.63, 3.8) is 0 Å². The first-order valence-corrected chi connectivity index (χ1v) is 3.01. The van der Waals surface area contributed by atoms with Gasteiger partial charge in [0.15, 0.2) is 0 Å². The van der Waals surface area contributed by atoms with Crippen LogP contribution >= 0.6 is 0 Å². The molecule has 54 valence electrons. The third-order valence-corrected chi connectivity index (χ3v) is 1.55. The smallest absolute Gasteiger partial charge is 0.137 e. The zero-order valence-corrected chi connectivity index (χ0v) is 5.23. The van der Waals surface area contributed by atoms with Gasteiger partial charge < -0.3 is 0 Å². The summed E-state index contributed by atoms with van der Waals surface area (Å²) in [6.07, 6.45) is -0.166. The third kappa shape index (κ3) is 1.32. The number of hydrogen-bond donors (Lipinski definition) is 0. The Bertz CT molecular complexity index is 201. The SMILES string of the molecule is O=C1CC(F)C(C#CF)C1. The first-order chi connectivity index (χ1) is 4.74. The molecule has 0 aromatic heterocycles. The maximum absolute atomic E-state index is 12.5. The van der Waals surface area contributed by atoms with Crippen LogP contribution in [0.2, 0.25) is 0 Å². The molecule has 0 N–H and O–H groups in total. The monoisotopic (exact) mass is 144 g/mol. The lowest BCUT2D eigenvalue weighted by Gasteiger charge is -1.98. The zero-order chi connectivity index (χ0) is 7.56. The second-order valence-electron chi connectivity index (χ2n) is 2.31. The van der Waals surface area contributed by atoms with Gasteiger partial charge in [-0.15, -0.1) is 4.39 Å². The van der Waals surface area contributed by atoms with Gasteiger partial charge in [0, 0.05) is 12.8 Å². The van der Waals surface area contributed by atoms with Gasteiger partial charge in [0.1, 0.15) is 18.1 Å². The van der Waals surface area contributed by atoms with Crippen molar-refractivity contribution >= 4 is 5.78 Å². The van der Waals surface area contributed by atoms with Crippen LogP contribution in [0.25, 0.3) is 0 Å². The number of carbonyl (C=O) groups is 1. The summed E-state index contributed by atoms with van der Waals surface area (Å²) in [6.45, 7) is 0. The third-order valence-electron chi connectivity index (χ3n) is 1.55. The quantitative estimate of drug-likeness (QED) is 0.467.